The number of hydrogen-bond donors (Lipinski definition) is 2. The summed E-state index contributed by atoms with van der Waals surface area (Å²) in [7, 11) is 4.07. The number of ether oxygens (including phenoxy) is 1. The average molecular weight is 412 g/mol. The number of carbonyl (C=O) groups excluding carboxylic acids is 1. The summed E-state index contributed by atoms with van der Waals surface area (Å²) in [6, 6.07) is 13.5. The molecule has 0 fully saturated rings. The van der Waals surface area contributed by atoms with E-state index >= 15 is 0 Å². The molecule has 0 saturated carbocycles. The Labute approximate surface area is 178 Å². The molecule has 0 radical (unpaired) electrons. The monoisotopic (exact) mass is 411 g/mol. The highest BCUT2D eigenvalue weighted by Crippen LogP contribution is 2.31. The van der Waals surface area contributed by atoms with Crippen LogP contribution in [-0.4, -0.2) is 43.0 Å². The van der Waals surface area contributed by atoms with Crippen LogP contribution < -0.4 is 11.1 Å². The van der Waals surface area contributed by atoms with Crippen molar-refractivity contribution in [2.45, 2.75) is 31.3 Å². The molecular weight excluding hydrogens is 382 g/mol. The van der Waals surface area contributed by atoms with E-state index < -0.39 is 11.7 Å². The number of amides is 1. The van der Waals surface area contributed by atoms with Crippen molar-refractivity contribution in [2.24, 2.45) is 0 Å². The normalized spacial score (nSPS) is 11.0. The third-order valence-electron chi connectivity index (χ3n) is 3.70. The Morgan fingerprint density at radius 2 is 1.86 bits per heavy atom. The van der Waals surface area contributed by atoms with E-state index in [1.807, 2.05) is 71.3 Å². The predicted octanol–water partition coefficient (Wildman–Crippen LogP) is 4.67. The van der Waals surface area contributed by atoms with Gasteiger partial charge in [0.05, 0.1) is 11.4 Å². The topological polar surface area (TPSA) is 67.6 Å². The summed E-state index contributed by atoms with van der Waals surface area (Å²) in [5.74, 6) is 7.29. The van der Waals surface area contributed by atoms with Gasteiger partial charge in [-0.05, 0) is 59.1 Å². The molecule has 0 saturated heterocycles. The molecule has 0 spiro atoms. The van der Waals surface area contributed by atoms with Crippen molar-refractivity contribution < 1.29 is 9.53 Å². The number of benzene rings is 2. The highest BCUT2D eigenvalue weighted by atomic mass is 32.2. The molecule has 0 unspecified atom stereocenters. The molecule has 154 valence electrons. The predicted molar refractivity (Wildman–Crippen MR) is 122 cm³/mol. The van der Waals surface area contributed by atoms with Gasteiger partial charge in [-0.3, -0.25) is 5.32 Å². The van der Waals surface area contributed by atoms with Gasteiger partial charge in [0, 0.05) is 28.3 Å². The van der Waals surface area contributed by atoms with Crippen molar-refractivity contribution in [3.8, 4) is 11.8 Å². The van der Waals surface area contributed by atoms with Crippen LogP contribution in [-0.2, 0) is 4.74 Å². The maximum absolute atomic E-state index is 12.2. The summed E-state index contributed by atoms with van der Waals surface area (Å²) in [5, 5.41) is 2.75. The Balaban J connectivity index is 2.30. The van der Waals surface area contributed by atoms with Crippen LogP contribution in [0.15, 0.2) is 47.4 Å². The van der Waals surface area contributed by atoms with E-state index in [2.05, 4.69) is 22.1 Å². The lowest BCUT2D eigenvalue weighted by Crippen LogP contribution is -2.27. The summed E-state index contributed by atoms with van der Waals surface area (Å²) in [6.45, 7) is 6.39. The molecule has 0 aliphatic carbocycles. The first-order valence-corrected chi connectivity index (χ1v) is 10.4. The molecule has 0 bridgehead atoms. The maximum Gasteiger partial charge on any atom is 0.412 e. The third-order valence-corrected chi connectivity index (χ3v) is 4.73. The molecule has 0 atom stereocenters. The van der Waals surface area contributed by atoms with E-state index in [1.54, 1.807) is 17.8 Å². The first-order valence-electron chi connectivity index (χ1n) is 9.42. The Bertz CT molecular complexity index is 894. The smallest absolute Gasteiger partial charge is 0.412 e. The van der Waals surface area contributed by atoms with Crippen molar-refractivity contribution in [3.63, 3.8) is 0 Å². The highest BCUT2D eigenvalue weighted by Gasteiger charge is 2.18. The Kier molecular flexibility index (Phi) is 8.00. The number of anilines is 2. The van der Waals surface area contributed by atoms with E-state index in [4.69, 9.17) is 10.5 Å². The second kappa shape index (κ2) is 10.2. The average Bonchev–Trinajstić information content (AvgIpc) is 2.62. The zero-order chi connectivity index (χ0) is 21.4. The van der Waals surface area contributed by atoms with Gasteiger partial charge in [-0.1, -0.05) is 30.0 Å². The summed E-state index contributed by atoms with van der Waals surface area (Å²) in [5.41, 5.74) is 8.36. The van der Waals surface area contributed by atoms with Gasteiger partial charge in [0.2, 0.25) is 0 Å². The van der Waals surface area contributed by atoms with Crippen LogP contribution in [0.2, 0.25) is 0 Å². The van der Waals surface area contributed by atoms with E-state index in [1.165, 1.54) is 0 Å². The minimum atomic E-state index is -0.580. The van der Waals surface area contributed by atoms with Gasteiger partial charge in [0.15, 0.2) is 0 Å². The molecular formula is C23H29N3O2S. The van der Waals surface area contributed by atoms with Crippen LogP contribution in [0.4, 0.5) is 16.2 Å². The van der Waals surface area contributed by atoms with Crippen LogP contribution in [0, 0.1) is 11.8 Å². The zero-order valence-electron chi connectivity index (χ0n) is 17.7. The number of thioether (sulfide) groups is 1. The first-order chi connectivity index (χ1) is 13.6. The quantitative estimate of drug-likeness (QED) is 0.425. The fraction of sp³-hybridized carbons (Fsp3) is 0.348. The van der Waals surface area contributed by atoms with Crippen LogP contribution in [0.25, 0.3) is 0 Å². The van der Waals surface area contributed by atoms with Crippen LogP contribution in [0.3, 0.4) is 0 Å². The molecule has 1 amide bonds. The molecule has 5 nitrogen and oxygen atoms in total. The Morgan fingerprint density at radius 1 is 1.17 bits per heavy atom. The molecule has 0 aromatic heterocycles. The van der Waals surface area contributed by atoms with Gasteiger partial charge in [-0.25, -0.2) is 4.79 Å². The highest BCUT2D eigenvalue weighted by molar-refractivity contribution is 7.99. The summed E-state index contributed by atoms with van der Waals surface area (Å²) in [4.78, 5) is 15.3. The van der Waals surface area contributed by atoms with Crippen molar-refractivity contribution in [1.29, 1.82) is 0 Å². The number of carbonyl (C=O) groups is 1. The minimum absolute atomic E-state index is 0.449. The van der Waals surface area contributed by atoms with Gasteiger partial charge in [0.1, 0.15) is 5.60 Å². The number of nitrogen functional groups attached to an aromatic ring is 1. The summed E-state index contributed by atoms with van der Waals surface area (Å²) < 4.78 is 5.34. The van der Waals surface area contributed by atoms with E-state index in [0.717, 1.165) is 28.3 Å². The molecule has 6 heteroatoms. The van der Waals surface area contributed by atoms with E-state index in [0.29, 0.717) is 11.4 Å². The molecule has 3 N–H and O–H groups in total. The zero-order valence-corrected chi connectivity index (χ0v) is 18.5. The molecule has 0 aliphatic heterocycles. The van der Waals surface area contributed by atoms with Crippen LogP contribution >= 0.6 is 11.8 Å². The van der Waals surface area contributed by atoms with Crippen LogP contribution in [0.1, 0.15) is 31.9 Å². The van der Waals surface area contributed by atoms with Gasteiger partial charge < -0.3 is 15.4 Å². The lowest BCUT2D eigenvalue weighted by Gasteiger charge is -2.20. The number of nitrogens with one attached hydrogen (secondary N) is 1. The Morgan fingerprint density at radius 3 is 2.48 bits per heavy atom. The number of rotatable bonds is 5. The molecule has 29 heavy (non-hydrogen) atoms. The number of hydrogen-bond acceptors (Lipinski definition) is 5. The second-order valence-corrected chi connectivity index (χ2v) is 8.97. The lowest BCUT2D eigenvalue weighted by atomic mass is 10.1. The first kappa shape index (κ1) is 22.7. The fourth-order valence-electron chi connectivity index (χ4n) is 2.33. The molecule has 2 aromatic rings. The second-order valence-electron chi connectivity index (χ2n) is 7.83. The molecule has 2 rings (SSSR count). The van der Waals surface area contributed by atoms with Crippen molar-refractivity contribution in [1.82, 2.24) is 4.90 Å². The maximum atomic E-state index is 12.2. The molecule has 0 heterocycles. The van der Waals surface area contributed by atoms with Crippen LogP contribution in [0.5, 0.6) is 0 Å². The lowest BCUT2D eigenvalue weighted by molar-refractivity contribution is 0.0636. The third kappa shape index (κ3) is 8.10. The van der Waals surface area contributed by atoms with Gasteiger partial charge in [-0.2, -0.15) is 0 Å². The van der Waals surface area contributed by atoms with E-state index in [9.17, 15) is 4.79 Å². The van der Waals surface area contributed by atoms with E-state index in [-0.39, 0.29) is 0 Å². The van der Waals surface area contributed by atoms with Crippen molar-refractivity contribution >= 4 is 29.2 Å². The minimum Gasteiger partial charge on any atom is -0.444 e. The molecule has 2 aromatic carbocycles. The Hall–Kier alpha value is -2.62. The SMILES string of the molecule is CN(C)CCSc1cc(NC(=O)OC(C)(C)C)c(N)cc1C#Cc1ccccc1. The largest absolute Gasteiger partial charge is 0.444 e. The standard InChI is InChI=1S/C23H29N3O2S/c1-23(2,3)28-22(27)25-20-16-21(29-14-13-26(4)5)18(15-19(20)24)12-11-17-9-7-6-8-10-17/h6-10,15-16H,13-14,24H2,1-5H3,(H,25,27). The molecule has 0 aliphatic rings. The van der Waals surface area contributed by atoms with Gasteiger partial charge in [-0.15, -0.1) is 11.8 Å². The fourth-order valence-corrected chi connectivity index (χ4v) is 3.48. The number of nitrogens with two attached hydrogens (primary N) is 1. The summed E-state index contributed by atoms with van der Waals surface area (Å²) >= 11 is 1.68. The van der Waals surface area contributed by atoms with Crippen molar-refractivity contribution in [3.05, 3.63) is 53.6 Å². The summed E-state index contributed by atoms with van der Waals surface area (Å²) in [6.07, 6.45) is -0.531. The van der Waals surface area contributed by atoms with Crippen molar-refractivity contribution in [2.75, 3.05) is 37.4 Å². The number of nitrogens with zero attached hydrogens (tertiary/aromatic N) is 1. The van der Waals surface area contributed by atoms with Gasteiger partial charge in [0.25, 0.3) is 0 Å². The van der Waals surface area contributed by atoms with Gasteiger partial charge >= 0.3 is 6.09 Å².